The van der Waals surface area contributed by atoms with Crippen molar-refractivity contribution in [2.24, 2.45) is 0 Å². The van der Waals surface area contributed by atoms with Gasteiger partial charge in [0.1, 0.15) is 5.60 Å². The van der Waals surface area contributed by atoms with Gasteiger partial charge in [-0.15, -0.1) is 12.4 Å². The number of carbonyl (C=O) groups excluding carboxylic acids is 1. The maximum Gasteiger partial charge on any atom is 0.254 e. The number of carbonyl (C=O) groups is 1. The lowest BCUT2D eigenvalue weighted by molar-refractivity contribution is -0.200. The van der Waals surface area contributed by atoms with Gasteiger partial charge in [-0.3, -0.25) is 4.79 Å². The van der Waals surface area contributed by atoms with Crippen molar-refractivity contribution in [3.05, 3.63) is 35.9 Å². The number of amides is 1. The van der Waals surface area contributed by atoms with E-state index >= 15 is 0 Å². The average Bonchev–Trinajstić information content (AvgIpc) is 3.39. The third kappa shape index (κ3) is 3.71. The van der Waals surface area contributed by atoms with Crippen LogP contribution in [-0.4, -0.2) is 59.6 Å². The summed E-state index contributed by atoms with van der Waals surface area (Å²) < 4.78 is 6.45. The number of piperidine rings is 1. The van der Waals surface area contributed by atoms with Crippen molar-refractivity contribution in [3.8, 4) is 0 Å². The Balaban J connectivity index is 0.00000182. The summed E-state index contributed by atoms with van der Waals surface area (Å²) in [5.41, 5.74) is 0.871. The van der Waals surface area contributed by atoms with Crippen molar-refractivity contribution in [1.82, 2.24) is 9.80 Å². The number of hydrogen-bond donors (Lipinski definition) is 0. The van der Waals surface area contributed by atoms with Crippen LogP contribution in [0.5, 0.6) is 0 Å². The number of hydrogen-bond acceptors (Lipinski definition) is 3. The fourth-order valence-corrected chi connectivity index (χ4v) is 4.26. The van der Waals surface area contributed by atoms with E-state index in [1.165, 1.54) is 5.56 Å². The minimum Gasteiger partial charge on any atom is -0.357 e. The van der Waals surface area contributed by atoms with E-state index in [-0.39, 0.29) is 23.9 Å². The second kappa shape index (κ2) is 7.26. The van der Waals surface area contributed by atoms with Gasteiger partial charge in [-0.25, -0.2) is 0 Å². The standard InChI is InChI=1S/C20H28N2O2.ClH/c1-2-22-16-19(24-20(9-10-20)18(22)23)11-14-21(15-12-19)13-8-17-6-4-3-5-7-17;/h3-7H,2,8-16H2,1H3;1H. The topological polar surface area (TPSA) is 32.8 Å². The van der Waals surface area contributed by atoms with Gasteiger partial charge in [0.2, 0.25) is 0 Å². The fourth-order valence-electron chi connectivity index (χ4n) is 4.26. The molecule has 2 saturated heterocycles. The summed E-state index contributed by atoms with van der Waals surface area (Å²) in [6, 6.07) is 10.7. The highest BCUT2D eigenvalue weighted by Gasteiger charge is 2.61. The zero-order valence-electron chi connectivity index (χ0n) is 15.1. The molecule has 25 heavy (non-hydrogen) atoms. The van der Waals surface area contributed by atoms with E-state index in [9.17, 15) is 4.79 Å². The summed E-state index contributed by atoms with van der Waals surface area (Å²) in [6.45, 7) is 6.95. The van der Waals surface area contributed by atoms with E-state index in [1.807, 2.05) is 4.90 Å². The smallest absolute Gasteiger partial charge is 0.254 e. The fraction of sp³-hybridized carbons (Fsp3) is 0.650. The number of rotatable bonds is 4. The Hall–Kier alpha value is -1.10. The van der Waals surface area contributed by atoms with Crippen LogP contribution < -0.4 is 0 Å². The molecule has 1 aliphatic carbocycles. The van der Waals surface area contributed by atoms with Crippen LogP contribution in [0.25, 0.3) is 0 Å². The molecule has 2 aliphatic heterocycles. The minimum absolute atomic E-state index is 0. The molecule has 1 aromatic rings. The molecule has 0 bridgehead atoms. The molecule has 5 heteroatoms. The molecule has 4 nitrogen and oxygen atoms in total. The Bertz CT molecular complexity index is 595. The van der Waals surface area contributed by atoms with Crippen LogP contribution in [0.3, 0.4) is 0 Å². The number of halogens is 1. The first-order valence-corrected chi connectivity index (χ1v) is 9.41. The van der Waals surface area contributed by atoms with Gasteiger partial charge < -0.3 is 14.5 Å². The molecule has 2 spiro atoms. The highest BCUT2D eigenvalue weighted by atomic mass is 35.5. The Morgan fingerprint density at radius 1 is 1.08 bits per heavy atom. The van der Waals surface area contributed by atoms with Crippen molar-refractivity contribution in [2.45, 2.75) is 50.2 Å². The molecule has 0 unspecified atom stereocenters. The summed E-state index contributed by atoms with van der Waals surface area (Å²) in [5, 5.41) is 0. The number of likely N-dealkylation sites (tertiary alicyclic amines) is 1. The lowest BCUT2D eigenvalue weighted by Crippen LogP contribution is -2.62. The molecule has 1 saturated carbocycles. The quantitative estimate of drug-likeness (QED) is 0.823. The van der Waals surface area contributed by atoms with E-state index in [0.717, 1.165) is 64.8 Å². The van der Waals surface area contributed by atoms with Crippen LogP contribution >= 0.6 is 12.4 Å². The van der Waals surface area contributed by atoms with Crippen molar-refractivity contribution in [2.75, 3.05) is 32.7 Å². The monoisotopic (exact) mass is 364 g/mol. The van der Waals surface area contributed by atoms with Crippen LogP contribution in [0.1, 0.15) is 38.2 Å². The molecule has 2 heterocycles. The van der Waals surface area contributed by atoms with Gasteiger partial charge in [0.05, 0.1) is 5.60 Å². The van der Waals surface area contributed by atoms with E-state index < -0.39 is 5.60 Å². The average molecular weight is 365 g/mol. The van der Waals surface area contributed by atoms with E-state index in [0.29, 0.717) is 0 Å². The number of morpholine rings is 1. The predicted molar refractivity (Wildman–Crippen MR) is 101 cm³/mol. The van der Waals surface area contributed by atoms with Crippen molar-refractivity contribution < 1.29 is 9.53 Å². The zero-order valence-corrected chi connectivity index (χ0v) is 15.9. The van der Waals surface area contributed by atoms with Crippen LogP contribution in [0.4, 0.5) is 0 Å². The van der Waals surface area contributed by atoms with Crippen LogP contribution in [0.15, 0.2) is 30.3 Å². The molecule has 0 aromatic heterocycles. The first-order valence-electron chi connectivity index (χ1n) is 9.41. The maximum absolute atomic E-state index is 12.5. The lowest BCUT2D eigenvalue weighted by atomic mass is 9.87. The first kappa shape index (κ1) is 18.7. The van der Waals surface area contributed by atoms with Crippen LogP contribution in [0.2, 0.25) is 0 Å². The van der Waals surface area contributed by atoms with Crippen LogP contribution in [-0.2, 0) is 16.0 Å². The zero-order chi connectivity index (χ0) is 16.6. The summed E-state index contributed by atoms with van der Waals surface area (Å²) in [7, 11) is 0. The van der Waals surface area contributed by atoms with Crippen molar-refractivity contribution in [3.63, 3.8) is 0 Å². The molecular weight excluding hydrogens is 336 g/mol. The summed E-state index contributed by atoms with van der Waals surface area (Å²) in [6.07, 6.45) is 5.04. The highest BCUT2D eigenvalue weighted by molar-refractivity contribution is 5.89. The van der Waals surface area contributed by atoms with Gasteiger partial charge in [-0.1, -0.05) is 30.3 Å². The molecule has 0 N–H and O–H groups in total. The first-order chi connectivity index (χ1) is 11.6. The molecular formula is C20H29ClN2O2. The van der Waals surface area contributed by atoms with Gasteiger partial charge in [0, 0.05) is 32.7 Å². The second-order valence-corrected chi connectivity index (χ2v) is 7.68. The number of likely N-dealkylation sites (N-methyl/N-ethyl adjacent to an activating group) is 1. The molecule has 1 aromatic carbocycles. The molecule has 0 radical (unpaired) electrons. The molecule has 4 rings (SSSR count). The van der Waals surface area contributed by atoms with Crippen LogP contribution in [0, 0.1) is 0 Å². The van der Waals surface area contributed by atoms with E-state index in [1.54, 1.807) is 0 Å². The Morgan fingerprint density at radius 2 is 1.76 bits per heavy atom. The number of nitrogens with zero attached hydrogens (tertiary/aromatic N) is 2. The van der Waals surface area contributed by atoms with Gasteiger partial charge in [0.15, 0.2) is 0 Å². The van der Waals surface area contributed by atoms with Gasteiger partial charge >= 0.3 is 0 Å². The van der Waals surface area contributed by atoms with Gasteiger partial charge in [0.25, 0.3) is 5.91 Å². The molecule has 0 atom stereocenters. The normalized spacial score (nSPS) is 24.4. The summed E-state index contributed by atoms with van der Waals surface area (Å²) in [4.78, 5) is 17.1. The lowest BCUT2D eigenvalue weighted by Gasteiger charge is -2.50. The van der Waals surface area contributed by atoms with Gasteiger partial charge in [-0.05, 0) is 44.6 Å². The maximum atomic E-state index is 12.5. The highest BCUT2D eigenvalue weighted by Crippen LogP contribution is 2.49. The SMILES string of the molecule is CCN1CC2(CCN(CCc3ccccc3)CC2)OC2(CC2)C1=O.Cl. The Morgan fingerprint density at radius 3 is 2.36 bits per heavy atom. The largest absolute Gasteiger partial charge is 0.357 e. The molecule has 3 fully saturated rings. The Labute approximate surface area is 156 Å². The third-order valence-electron chi connectivity index (χ3n) is 5.98. The van der Waals surface area contributed by atoms with Gasteiger partial charge in [-0.2, -0.15) is 0 Å². The second-order valence-electron chi connectivity index (χ2n) is 7.68. The minimum atomic E-state index is -0.444. The van der Waals surface area contributed by atoms with E-state index in [4.69, 9.17) is 4.74 Å². The summed E-state index contributed by atoms with van der Waals surface area (Å²) in [5.74, 6) is 0.238. The Kier molecular flexibility index (Phi) is 5.42. The third-order valence-corrected chi connectivity index (χ3v) is 5.98. The van der Waals surface area contributed by atoms with Crippen molar-refractivity contribution >= 4 is 18.3 Å². The molecule has 1 amide bonds. The number of benzene rings is 1. The molecule has 138 valence electrons. The predicted octanol–water partition coefficient (Wildman–Crippen LogP) is 2.90. The number of ether oxygens (including phenoxy) is 1. The van der Waals surface area contributed by atoms with Crippen molar-refractivity contribution in [1.29, 1.82) is 0 Å². The summed E-state index contributed by atoms with van der Waals surface area (Å²) >= 11 is 0. The van der Waals surface area contributed by atoms with E-state index in [2.05, 4.69) is 42.2 Å². The molecule has 3 aliphatic rings.